The Labute approximate surface area is 234 Å². The van der Waals surface area contributed by atoms with Crippen LogP contribution in [-0.2, 0) is 4.79 Å². The van der Waals surface area contributed by atoms with Crippen LogP contribution in [0.3, 0.4) is 0 Å². The lowest BCUT2D eigenvalue weighted by Gasteiger charge is -2.16. The number of halogens is 1. The molecule has 1 amide bonds. The molecule has 4 aromatic rings. The Kier molecular flexibility index (Phi) is 9.04. The number of hydrogen-bond donors (Lipinski definition) is 1. The molecule has 37 heavy (non-hydrogen) atoms. The van der Waals surface area contributed by atoms with E-state index in [0.29, 0.717) is 33.4 Å². The van der Waals surface area contributed by atoms with Gasteiger partial charge in [-0.25, -0.2) is 4.98 Å². The zero-order chi connectivity index (χ0) is 26.2. The molecule has 1 N–H and O–H groups in total. The second-order valence-electron chi connectivity index (χ2n) is 7.91. The van der Waals surface area contributed by atoms with E-state index in [1.165, 1.54) is 11.8 Å². The van der Waals surface area contributed by atoms with Crippen molar-refractivity contribution in [2.75, 3.05) is 25.3 Å². The Balaban J connectivity index is 1.67. The van der Waals surface area contributed by atoms with Gasteiger partial charge in [0.2, 0.25) is 5.91 Å². The molecule has 0 aliphatic carbocycles. The summed E-state index contributed by atoms with van der Waals surface area (Å²) >= 11 is 3.61. The summed E-state index contributed by atoms with van der Waals surface area (Å²) in [5.41, 5.74) is 4.26. The van der Waals surface area contributed by atoms with Gasteiger partial charge in [-0.3, -0.25) is 4.79 Å². The van der Waals surface area contributed by atoms with Crippen molar-refractivity contribution in [3.63, 3.8) is 0 Å². The molecule has 0 aliphatic heterocycles. The molecule has 0 atom stereocenters. The molecule has 4 rings (SSSR count). The maximum Gasteiger partial charge on any atom is 0.225 e. The topological polar surface area (TPSA) is 84.2 Å². The number of amides is 1. The molecule has 1 aromatic heterocycles. The first-order chi connectivity index (χ1) is 18.0. The fraction of sp³-hybridized carbons (Fsp3) is 0.138. The summed E-state index contributed by atoms with van der Waals surface area (Å²) in [4.78, 5) is 17.4. The number of aromatic nitrogens is 1. The van der Waals surface area contributed by atoms with Gasteiger partial charge in [0.1, 0.15) is 11.1 Å². The molecule has 0 unspecified atom stereocenters. The van der Waals surface area contributed by atoms with Crippen LogP contribution < -0.4 is 14.8 Å². The zero-order valence-electron chi connectivity index (χ0n) is 20.3. The molecule has 6 nitrogen and oxygen atoms in total. The third kappa shape index (κ3) is 6.42. The molecular weight excluding hydrogens is 597 g/mol. The maximum atomic E-state index is 12.5. The number of benzene rings is 3. The van der Waals surface area contributed by atoms with Crippen molar-refractivity contribution >= 4 is 45.9 Å². The summed E-state index contributed by atoms with van der Waals surface area (Å²) < 4.78 is 12.3. The molecule has 0 saturated heterocycles. The summed E-state index contributed by atoms with van der Waals surface area (Å²) in [6.07, 6.45) is 0.274. The number of carbonyl (C=O) groups is 1. The maximum absolute atomic E-state index is 12.5. The fourth-order valence-corrected chi connectivity index (χ4v) is 5.10. The summed E-state index contributed by atoms with van der Waals surface area (Å²) in [7, 11) is 3.16. The summed E-state index contributed by atoms with van der Waals surface area (Å²) in [6.45, 7) is 0. The van der Waals surface area contributed by atoms with Crippen LogP contribution in [0.4, 0.5) is 5.69 Å². The van der Waals surface area contributed by atoms with E-state index in [1.54, 1.807) is 14.2 Å². The minimum atomic E-state index is -0.0962. The SMILES string of the molecule is COc1cccc(-c2cc(-c3ccccc3)nc(SCCC(=O)Nc3ccc(I)cc3)c2C#N)c1OC. The average Bonchev–Trinajstić information content (AvgIpc) is 2.93. The Morgan fingerprint density at radius 1 is 1.00 bits per heavy atom. The molecule has 0 saturated carbocycles. The van der Waals surface area contributed by atoms with Gasteiger partial charge in [0, 0.05) is 38.1 Å². The molecule has 8 heteroatoms. The molecule has 1 heterocycles. The third-order valence-corrected chi connectivity index (χ3v) is 7.25. The Morgan fingerprint density at radius 2 is 1.76 bits per heavy atom. The number of ether oxygens (including phenoxy) is 2. The minimum absolute atomic E-state index is 0.0962. The standard InChI is InChI=1S/C29H24IN3O3S/c1-35-26-10-6-9-22(28(26)36-2)23-17-25(19-7-4-3-5-8-19)33-29(24(23)18-31)37-16-15-27(34)32-21-13-11-20(30)12-14-21/h3-14,17H,15-16H2,1-2H3,(H,32,34). The van der Waals surface area contributed by atoms with Gasteiger partial charge in [0.05, 0.1) is 25.5 Å². The van der Waals surface area contributed by atoms with Crippen LogP contribution in [0.1, 0.15) is 12.0 Å². The first-order valence-electron chi connectivity index (χ1n) is 11.4. The first kappa shape index (κ1) is 26.5. The summed E-state index contributed by atoms with van der Waals surface area (Å²) in [5.74, 6) is 1.48. The number of anilines is 1. The molecule has 0 bridgehead atoms. The molecule has 0 fully saturated rings. The number of nitrogens with zero attached hydrogens (tertiary/aromatic N) is 2. The molecule has 3 aromatic carbocycles. The highest BCUT2D eigenvalue weighted by Gasteiger charge is 2.20. The largest absolute Gasteiger partial charge is 0.493 e. The Hall–Kier alpha value is -3.55. The monoisotopic (exact) mass is 621 g/mol. The molecule has 186 valence electrons. The van der Waals surface area contributed by atoms with Crippen molar-refractivity contribution in [2.24, 2.45) is 0 Å². The highest BCUT2D eigenvalue weighted by molar-refractivity contribution is 14.1. The number of pyridine rings is 1. The van der Waals surface area contributed by atoms with Crippen LogP contribution >= 0.6 is 34.4 Å². The lowest BCUT2D eigenvalue weighted by atomic mass is 9.98. The van der Waals surface area contributed by atoms with E-state index in [2.05, 4.69) is 34.0 Å². The lowest BCUT2D eigenvalue weighted by molar-refractivity contribution is -0.115. The number of para-hydroxylation sites is 1. The highest BCUT2D eigenvalue weighted by atomic mass is 127. The number of methoxy groups -OCH3 is 2. The molecule has 0 radical (unpaired) electrons. The average molecular weight is 622 g/mol. The summed E-state index contributed by atoms with van der Waals surface area (Å²) in [6, 6.07) is 27.2. The van der Waals surface area contributed by atoms with Gasteiger partial charge in [-0.05, 0) is 59.0 Å². The number of hydrogen-bond acceptors (Lipinski definition) is 6. The van der Waals surface area contributed by atoms with E-state index >= 15 is 0 Å². The van der Waals surface area contributed by atoms with E-state index in [4.69, 9.17) is 14.5 Å². The van der Waals surface area contributed by atoms with E-state index < -0.39 is 0 Å². The molecule has 0 spiro atoms. The van der Waals surface area contributed by atoms with E-state index in [9.17, 15) is 10.1 Å². The summed E-state index contributed by atoms with van der Waals surface area (Å²) in [5, 5.41) is 13.7. The third-order valence-electron chi connectivity index (χ3n) is 5.56. The van der Waals surface area contributed by atoms with Crippen molar-refractivity contribution in [3.05, 3.63) is 88.0 Å². The van der Waals surface area contributed by atoms with Crippen molar-refractivity contribution in [2.45, 2.75) is 11.4 Å². The van der Waals surface area contributed by atoms with Crippen molar-refractivity contribution in [1.29, 1.82) is 5.26 Å². The predicted octanol–water partition coefficient (Wildman–Crippen LogP) is 7.03. The number of thioether (sulfide) groups is 1. The van der Waals surface area contributed by atoms with Gasteiger partial charge in [0.25, 0.3) is 0 Å². The van der Waals surface area contributed by atoms with Crippen molar-refractivity contribution in [1.82, 2.24) is 4.98 Å². The lowest BCUT2D eigenvalue weighted by Crippen LogP contribution is -2.12. The Bertz CT molecular complexity index is 1440. The van der Waals surface area contributed by atoms with Crippen molar-refractivity contribution in [3.8, 4) is 40.0 Å². The van der Waals surface area contributed by atoms with Crippen LogP contribution in [0.2, 0.25) is 0 Å². The van der Waals surface area contributed by atoms with Crippen LogP contribution in [-0.4, -0.2) is 30.9 Å². The van der Waals surface area contributed by atoms with Gasteiger partial charge in [0.15, 0.2) is 11.5 Å². The number of nitriles is 1. The van der Waals surface area contributed by atoms with Gasteiger partial charge in [-0.2, -0.15) is 5.26 Å². The Morgan fingerprint density at radius 3 is 2.43 bits per heavy atom. The van der Waals surface area contributed by atoms with Crippen LogP contribution in [0.5, 0.6) is 11.5 Å². The van der Waals surface area contributed by atoms with E-state index in [-0.39, 0.29) is 12.3 Å². The zero-order valence-corrected chi connectivity index (χ0v) is 23.3. The smallest absolute Gasteiger partial charge is 0.225 e. The molecule has 0 aliphatic rings. The predicted molar refractivity (Wildman–Crippen MR) is 156 cm³/mol. The second kappa shape index (κ2) is 12.6. The number of nitrogens with one attached hydrogen (secondary N) is 1. The second-order valence-corrected chi connectivity index (χ2v) is 10.2. The van der Waals surface area contributed by atoms with E-state index in [0.717, 1.165) is 26.1 Å². The van der Waals surface area contributed by atoms with Crippen LogP contribution in [0.25, 0.3) is 22.4 Å². The van der Waals surface area contributed by atoms with Crippen LogP contribution in [0.15, 0.2) is 83.9 Å². The fourth-order valence-electron chi connectivity index (χ4n) is 3.80. The highest BCUT2D eigenvalue weighted by Crippen LogP contribution is 2.42. The quantitative estimate of drug-likeness (QED) is 0.160. The van der Waals surface area contributed by atoms with Gasteiger partial charge in [-0.15, -0.1) is 11.8 Å². The van der Waals surface area contributed by atoms with Gasteiger partial charge in [-0.1, -0.05) is 42.5 Å². The van der Waals surface area contributed by atoms with Gasteiger partial charge < -0.3 is 14.8 Å². The number of carbonyl (C=O) groups excluding carboxylic acids is 1. The number of rotatable bonds is 9. The normalized spacial score (nSPS) is 10.4. The van der Waals surface area contributed by atoms with E-state index in [1.807, 2.05) is 78.9 Å². The molecular formula is C29H24IN3O3S. The minimum Gasteiger partial charge on any atom is -0.493 e. The van der Waals surface area contributed by atoms with Gasteiger partial charge >= 0.3 is 0 Å². The first-order valence-corrected chi connectivity index (χ1v) is 13.5. The van der Waals surface area contributed by atoms with Crippen LogP contribution in [0, 0.1) is 14.9 Å². The van der Waals surface area contributed by atoms with Crippen molar-refractivity contribution < 1.29 is 14.3 Å².